The molecule has 0 bridgehead atoms. The number of halogens is 2. The van der Waals surface area contributed by atoms with Crippen molar-refractivity contribution in [2.75, 3.05) is 11.9 Å². The minimum atomic E-state index is 1.00. The molecule has 0 saturated heterocycles. The van der Waals surface area contributed by atoms with Crippen molar-refractivity contribution in [2.24, 2.45) is 0 Å². The van der Waals surface area contributed by atoms with Gasteiger partial charge < -0.3 is 5.32 Å². The Kier molecular flexibility index (Phi) is 4.63. The second kappa shape index (κ2) is 6.88. The van der Waals surface area contributed by atoms with Gasteiger partial charge in [-0.1, -0.05) is 34.1 Å². The van der Waals surface area contributed by atoms with E-state index in [1.807, 2.05) is 0 Å². The molecule has 3 nitrogen and oxygen atoms in total. The molecule has 3 aromatic rings. The van der Waals surface area contributed by atoms with E-state index in [1.165, 1.54) is 27.5 Å². The first-order valence-electron chi connectivity index (χ1n) is 8.10. The fourth-order valence-corrected chi connectivity index (χ4v) is 4.05. The van der Waals surface area contributed by atoms with Crippen molar-refractivity contribution in [1.29, 1.82) is 0 Å². The van der Waals surface area contributed by atoms with E-state index in [9.17, 15) is 0 Å². The molecule has 24 heavy (non-hydrogen) atoms. The van der Waals surface area contributed by atoms with Crippen LogP contribution >= 0.6 is 38.5 Å². The predicted molar refractivity (Wildman–Crippen MR) is 111 cm³/mol. The molecule has 0 atom stereocenters. The molecule has 5 heteroatoms. The highest BCUT2D eigenvalue weighted by atomic mass is 127. The minimum Gasteiger partial charge on any atom is -0.370 e. The van der Waals surface area contributed by atoms with Crippen molar-refractivity contribution in [1.82, 2.24) is 9.78 Å². The molecule has 0 aliphatic carbocycles. The average molecular weight is 494 g/mol. The summed E-state index contributed by atoms with van der Waals surface area (Å²) in [5.41, 5.74) is 4.74. The fourth-order valence-electron chi connectivity index (χ4n) is 3.14. The topological polar surface area (TPSA) is 29.9 Å². The third-order valence-corrected chi connectivity index (χ3v) is 5.80. The number of aromatic nitrogens is 2. The van der Waals surface area contributed by atoms with E-state index >= 15 is 0 Å². The zero-order chi connectivity index (χ0) is 16.5. The van der Waals surface area contributed by atoms with E-state index in [2.05, 4.69) is 97.1 Å². The highest BCUT2D eigenvalue weighted by Crippen LogP contribution is 2.35. The van der Waals surface area contributed by atoms with Gasteiger partial charge in [0.2, 0.25) is 0 Å². The summed E-state index contributed by atoms with van der Waals surface area (Å²) < 4.78 is 4.38. The molecule has 122 valence electrons. The number of anilines is 1. The molecule has 1 aliphatic rings. The summed E-state index contributed by atoms with van der Waals surface area (Å²) in [5, 5.41) is 8.60. The van der Waals surface area contributed by atoms with Gasteiger partial charge in [-0.05, 0) is 72.2 Å². The number of fused-ring (bicyclic) bond motifs is 1. The van der Waals surface area contributed by atoms with Crippen LogP contribution < -0.4 is 5.32 Å². The van der Waals surface area contributed by atoms with Gasteiger partial charge in [-0.25, -0.2) is 4.68 Å². The maximum absolute atomic E-state index is 5.00. The molecule has 1 N–H and O–H groups in total. The van der Waals surface area contributed by atoms with Crippen LogP contribution in [0.2, 0.25) is 0 Å². The molecular formula is C19H17BrIN3. The second-order valence-corrected chi connectivity index (χ2v) is 8.01. The monoisotopic (exact) mass is 493 g/mol. The van der Waals surface area contributed by atoms with Gasteiger partial charge in [0.15, 0.2) is 0 Å². The molecule has 4 rings (SSSR count). The lowest BCUT2D eigenvalue weighted by Gasteiger charge is -2.09. The fraction of sp³-hybridized carbons (Fsp3) is 0.211. The van der Waals surface area contributed by atoms with E-state index in [-0.39, 0.29) is 0 Å². The number of nitrogens with one attached hydrogen (secondary N) is 1. The zero-order valence-electron chi connectivity index (χ0n) is 13.1. The van der Waals surface area contributed by atoms with E-state index in [4.69, 9.17) is 5.10 Å². The highest BCUT2D eigenvalue weighted by Gasteiger charge is 2.22. The number of benzene rings is 2. The highest BCUT2D eigenvalue weighted by molar-refractivity contribution is 14.1. The Hall–Kier alpha value is -1.34. The van der Waals surface area contributed by atoms with Gasteiger partial charge in [-0.3, -0.25) is 0 Å². The lowest BCUT2D eigenvalue weighted by molar-refractivity contribution is 0.780. The van der Waals surface area contributed by atoms with Crippen molar-refractivity contribution >= 4 is 44.3 Å². The molecule has 0 unspecified atom stereocenters. The van der Waals surface area contributed by atoms with Crippen LogP contribution in [-0.2, 0) is 6.42 Å². The molecule has 0 saturated carbocycles. The zero-order valence-corrected chi connectivity index (χ0v) is 16.8. The van der Waals surface area contributed by atoms with Crippen LogP contribution in [0.5, 0.6) is 0 Å². The molecule has 2 aromatic carbocycles. The van der Waals surface area contributed by atoms with Gasteiger partial charge in [0.05, 0.1) is 11.4 Å². The molecule has 1 aliphatic heterocycles. The molecule has 0 fully saturated rings. The van der Waals surface area contributed by atoms with Gasteiger partial charge in [-0.15, -0.1) is 0 Å². The van der Waals surface area contributed by atoms with E-state index < -0.39 is 0 Å². The second-order valence-electron chi connectivity index (χ2n) is 5.93. The van der Waals surface area contributed by atoms with Crippen LogP contribution in [0, 0.1) is 3.57 Å². The molecule has 0 amide bonds. The number of hydrogen-bond donors (Lipinski definition) is 1. The summed E-state index contributed by atoms with van der Waals surface area (Å²) in [4.78, 5) is 0. The third-order valence-electron chi connectivity index (χ3n) is 4.33. The van der Waals surface area contributed by atoms with Gasteiger partial charge >= 0.3 is 0 Å². The van der Waals surface area contributed by atoms with Crippen LogP contribution in [0.3, 0.4) is 0 Å². The van der Waals surface area contributed by atoms with Crippen molar-refractivity contribution in [2.45, 2.75) is 19.3 Å². The summed E-state index contributed by atoms with van der Waals surface area (Å²) in [7, 11) is 0. The molecular weight excluding hydrogens is 477 g/mol. The summed E-state index contributed by atoms with van der Waals surface area (Å²) in [6, 6.07) is 16.8. The summed E-state index contributed by atoms with van der Waals surface area (Å²) in [6.45, 7) is 1.00. The van der Waals surface area contributed by atoms with Gasteiger partial charge in [0, 0.05) is 25.7 Å². The first kappa shape index (κ1) is 16.1. The third kappa shape index (κ3) is 2.99. The largest absolute Gasteiger partial charge is 0.370 e. The van der Waals surface area contributed by atoms with Crippen molar-refractivity contribution in [3.8, 4) is 16.9 Å². The van der Waals surface area contributed by atoms with Gasteiger partial charge in [0.25, 0.3) is 0 Å². The number of rotatable bonds is 2. The first-order chi connectivity index (χ1) is 11.7. The average Bonchev–Trinajstić information content (AvgIpc) is 2.78. The summed E-state index contributed by atoms with van der Waals surface area (Å²) in [5.74, 6) is 1.14. The standard InChI is InChI=1S/C19H17BrIN3/c20-13-8-10-14(11-9-13)24-19-16(6-3-4-12-22-19)18(23-24)15-5-1-2-7-17(15)21/h1-2,5,7-11,22H,3-4,6,12H2. The Morgan fingerprint density at radius 1 is 1.04 bits per heavy atom. The van der Waals surface area contributed by atoms with Crippen molar-refractivity contribution in [3.63, 3.8) is 0 Å². The Labute approximate surface area is 163 Å². The van der Waals surface area contributed by atoms with Gasteiger partial charge in [-0.2, -0.15) is 5.10 Å². The molecule has 1 aromatic heterocycles. The SMILES string of the molecule is Brc1ccc(-n2nc(-c3ccccc3I)c3c2NCCCC3)cc1. The van der Waals surface area contributed by atoms with Crippen LogP contribution in [0.15, 0.2) is 53.0 Å². The number of hydrogen-bond acceptors (Lipinski definition) is 2. The Balaban J connectivity index is 1.92. The lowest BCUT2D eigenvalue weighted by Crippen LogP contribution is -2.07. The minimum absolute atomic E-state index is 1.00. The first-order valence-corrected chi connectivity index (χ1v) is 9.98. The molecule has 0 spiro atoms. The van der Waals surface area contributed by atoms with Crippen molar-refractivity contribution < 1.29 is 0 Å². The van der Waals surface area contributed by atoms with E-state index in [1.54, 1.807) is 0 Å². The lowest BCUT2D eigenvalue weighted by atomic mass is 10.0. The van der Waals surface area contributed by atoms with Gasteiger partial charge in [0.1, 0.15) is 5.82 Å². The Morgan fingerprint density at radius 3 is 2.62 bits per heavy atom. The smallest absolute Gasteiger partial charge is 0.133 e. The van der Waals surface area contributed by atoms with Crippen LogP contribution in [0.4, 0.5) is 5.82 Å². The molecule has 2 heterocycles. The van der Waals surface area contributed by atoms with Crippen molar-refractivity contribution in [3.05, 3.63) is 62.1 Å². The van der Waals surface area contributed by atoms with E-state index in [0.29, 0.717) is 0 Å². The van der Waals surface area contributed by atoms with Crippen LogP contribution in [-0.4, -0.2) is 16.3 Å². The Bertz CT molecular complexity index is 871. The summed E-state index contributed by atoms with van der Waals surface area (Å²) in [6.07, 6.45) is 3.46. The quantitative estimate of drug-likeness (QED) is 0.467. The normalized spacial score (nSPS) is 13.9. The summed E-state index contributed by atoms with van der Waals surface area (Å²) >= 11 is 5.91. The maximum Gasteiger partial charge on any atom is 0.133 e. The number of nitrogens with zero attached hydrogens (tertiary/aromatic N) is 2. The van der Waals surface area contributed by atoms with Crippen LogP contribution in [0.25, 0.3) is 16.9 Å². The van der Waals surface area contributed by atoms with E-state index in [0.717, 1.165) is 34.6 Å². The Morgan fingerprint density at radius 2 is 1.83 bits per heavy atom. The predicted octanol–water partition coefficient (Wildman–Crippen LogP) is 5.65. The maximum atomic E-state index is 5.00. The van der Waals surface area contributed by atoms with Crippen LogP contribution in [0.1, 0.15) is 18.4 Å². The molecule has 0 radical (unpaired) electrons.